The third-order valence-corrected chi connectivity index (χ3v) is 2.22. The zero-order valence-electron chi connectivity index (χ0n) is 9.45. The molecule has 0 aromatic carbocycles. The van der Waals surface area contributed by atoms with Crippen LogP contribution in [0.5, 0.6) is 0 Å². The van der Waals surface area contributed by atoms with Crippen molar-refractivity contribution >= 4 is 17.7 Å². The highest BCUT2D eigenvalue weighted by Gasteiger charge is 2.16. The van der Waals surface area contributed by atoms with E-state index in [-0.39, 0.29) is 16.9 Å². The molecule has 0 unspecified atom stereocenters. The van der Waals surface area contributed by atoms with Crippen molar-refractivity contribution in [2.75, 3.05) is 5.32 Å². The van der Waals surface area contributed by atoms with Crippen LogP contribution in [-0.2, 0) is 0 Å². The number of rotatable bonds is 3. The Hall–Kier alpha value is -3.03. The molecule has 2 heterocycles. The monoisotopic (exact) mass is 260 g/mol. The second-order valence-electron chi connectivity index (χ2n) is 3.49. The fraction of sp³-hybridized carbons (Fsp3) is 0. The van der Waals surface area contributed by atoms with Crippen molar-refractivity contribution in [2.45, 2.75) is 0 Å². The third-order valence-electron chi connectivity index (χ3n) is 2.22. The predicted molar refractivity (Wildman–Crippen MR) is 64.0 cm³/mol. The Labute approximate surface area is 106 Å². The molecule has 3 N–H and O–H groups in total. The molecule has 0 atom stereocenters. The van der Waals surface area contributed by atoms with Crippen LogP contribution in [-0.4, -0.2) is 32.2 Å². The lowest BCUT2D eigenvalue weighted by molar-refractivity contribution is 0.0692. The molecule has 19 heavy (non-hydrogen) atoms. The Kier molecular flexibility index (Phi) is 3.33. The van der Waals surface area contributed by atoms with E-state index in [1.54, 1.807) is 0 Å². The second kappa shape index (κ2) is 5.08. The van der Waals surface area contributed by atoms with E-state index in [9.17, 15) is 14.4 Å². The molecular formula is C11H8N4O4. The number of carbonyl (C=O) groups is 2. The van der Waals surface area contributed by atoms with Crippen molar-refractivity contribution in [3.05, 3.63) is 52.1 Å². The average Bonchev–Trinajstić information content (AvgIpc) is 2.41. The number of hydrogen-bond acceptors (Lipinski definition) is 5. The van der Waals surface area contributed by atoms with Crippen LogP contribution in [0.25, 0.3) is 0 Å². The second-order valence-corrected chi connectivity index (χ2v) is 3.49. The van der Waals surface area contributed by atoms with Crippen LogP contribution in [0.4, 0.5) is 5.82 Å². The Morgan fingerprint density at radius 2 is 2.00 bits per heavy atom. The van der Waals surface area contributed by atoms with E-state index in [1.165, 1.54) is 24.4 Å². The number of anilines is 1. The average molecular weight is 260 g/mol. The molecule has 96 valence electrons. The highest BCUT2D eigenvalue weighted by molar-refractivity contribution is 6.10. The van der Waals surface area contributed by atoms with Gasteiger partial charge in [-0.3, -0.25) is 14.6 Å². The minimum absolute atomic E-state index is 0.0458. The van der Waals surface area contributed by atoms with Gasteiger partial charge in [-0.1, -0.05) is 0 Å². The van der Waals surface area contributed by atoms with Crippen LogP contribution >= 0.6 is 0 Å². The van der Waals surface area contributed by atoms with E-state index >= 15 is 0 Å². The zero-order valence-corrected chi connectivity index (χ0v) is 9.45. The summed E-state index contributed by atoms with van der Waals surface area (Å²) >= 11 is 0. The molecule has 0 radical (unpaired) electrons. The highest BCUT2D eigenvalue weighted by Crippen LogP contribution is 2.09. The molecule has 0 saturated heterocycles. The number of nitrogens with one attached hydrogen (secondary N) is 2. The maximum atomic E-state index is 11.9. The number of nitrogens with zero attached hydrogens (tertiary/aromatic N) is 2. The maximum Gasteiger partial charge on any atom is 0.338 e. The Bertz CT molecular complexity index is 675. The van der Waals surface area contributed by atoms with Gasteiger partial charge in [0.05, 0.1) is 11.1 Å². The van der Waals surface area contributed by atoms with Gasteiger partial charge in [0.2, 0.25) is 0 Å². The first-order valence-electron chi connectivity index (χ1n) is 5.12. The van der Waals surface area contributed by atoms with Gasteiger partial charge in [-0.15, -0.1) is 0 Å². The quantitative estimate of drug-likeness (QED) is 0.719. The molecule has 8 heteroatoms. The number of pyridine rings is 1. The van der Waals surface area contributed by atoms with E-state index in [1.807, 2.05) is 0 Å². The lowest BCUT2D eigenvalue weighted by Gasteiger charge is -2.05. The molecule has 2 rings (SSSR count). The number of aromatic nitrogens is 3. The van der Waals surface area contributed by atoms with E-state index in [0.29, 0.717) is 0 Å². The van der Waals surface area contributed by atoms with Gasteiger partial charge in [-0.25, -0.2) is 9.89 Å². The summed E-state index contributed by atoms with van der Waals surface area (Å²) in [7, 11) is 0. The van der Waals surface area contributed by atoms with Crippen molar-refractivity contribution in [1.82, 2.24) is 15.2 Å². The number of carbonyl (C=O) groups excluding carboxylic acids is 1. The van der Waals surface area contributed by atoms with Gasteiger partial charge in [0.1, 0.15) is 0 Å². The van der Waals surface area contributed by atoms with Crippen molar-refractivity contribution in [3.8, 4) is 0 Å². The summed E-state index contributed by atoms with van der Waals surface area (Å²) in [6.45, 7) is 0. The molecule has 0 spiro atoms. The molecule has 0 aliphatic carbocycles. The van der Waals surface area contributed by atoms with Crippen molar-refractivity contribution in [1.29, 1.82) is 0 Å². The van der Waals surface area contributed by atoms with E-state index in [0.717, 1.165) is 6.20 Å². The van der Waals surface area contributed by atoms with Gasteiger partial charge < -0.3 is 10.4 Å². The van der Waals surface area contributed by atoms with Crippen LogP contribution in [0.2, 0.25) is 0 Å². The summed E-state index contributed by atoms with van der Waals surface area (Å²) < 4.78 is 0. The van der Waals surface area contributed by atoms with E-state index in [2.05, 4.69) is 20.5 Å². The number of H-pyrrole nitrogens is 1. The summed E-state index contributed by atoms with van der Waals surface area (Å²) in [4.78, 5) is 37.3. The Morgan fingerprint density at radius 3 is 2.63 bits per heavy atom. The predicted octanol–water partition coefficient (Wildman–Crippen LogP) is 0.115. The van der Waals surface area contributed by atoms with Gasteiger partial charge in [-0.2, -0.15) is 5.10 Å². The SMILES string of the molecule is O=C(O)c1cnccc1C(=O)Nc1ccc(=O)[nH]n1. The Balaban J connectivity index is 2.28. The molecule has 2 aromatic rings. The third kappa shape index (κ3) is 2.80. The summed E-state index contributed by atoms with van der Waals surface area (Å²) in [5, 5.41) is 17.0. The minimum atomic E-state index is -1.26. The number of carboxylic acid groups (broad SMARTS) is 1. The molecule has 0 fully saturated rings. The number of carboxylic acids is 1. The van der Waals surface area contributed by atoms with Crippen molar-refractivity contribution in [3.63, 3.8) is 0 Å². The fourth-order valence-corrected chi connectivity index (χ4v) is 1.36. The van der Waals surface area contributed by atoms with Gasteiger partial charge in [-0.05, 0) is 12.1 Å². The van der Waals surface area contributed by atoms with Gasteiger partial charge in [0.15, 0.2) is 5.82 Å². The van der Waals surface area contributed by atoms with Crippen molar-refractivity contribution < 1.29 is 14.7 Å². The smallest absolute Gasteiger partial charge is 0.338 e. The topological polar surface area (TPSA) is 125 Å². The molecule has 0 bridgehead atoms. The summed E-state index contributed by atoms with van der Waals surface area (Å²) in [6.07, 6.45) is 2.39. The maximum absolute atomic E-state index is 11.9. The van der Waals surface area contributed by atoms with Gasteiger partial charge >= 0.3 is 5.97 Å². The first-order valence-corrected chi connectivity index (χ1v) is 5.12. The van der Waals surface area contributed by atoms with E-state index in [4.69, 9.17) is 5.11 Å². The lowest BCUT2D eigenvalue weighted by atomic mass is 10.1. The molecular weight excluding hydrogens is 252 g/mol. The number of aromatic carboxylic acids is 1. The first-order chi connectivity index (χ1) is 9.08. The van der Waals surface area contributed by atoms with Crippen LogP contribution in [0, 0.1) is 0 Å². The number of aromatic amines is 1. The molecule has 8 nitrogen and oxygen atoms in total. The van der Waals surface area contributed by atoms with Crippen LogP contribution in [0.3, 0.4) is 0 Å². The normalized spacial score (nSPS) is 9.89. The highest BCUT2D eigenvalue weighted by atomic mass is 16.4. The van der Waals surface area contributed by atoms with Gasteiger partial charge in [0.25, 0.3) is 11.5 Å². The zero-order chi connectivity index (χ0) is 13.8. The summed E-state index contributed by atoms with van der Waals surface area (Å²) in [5.74, 6) is -1.80. The summed E-state index contributed by atoms with van der Waals surface area (Å²) in [5.41, 5.74) is -0.673. The lowest BCUT2D eigenvalue weighted by Crippen LogP contribution is -2.18. The molecule has 2 aromatic heterocycles. The van der Waals surface area contributed by atoms with E-state index < -0.39 is 17.4 Å². The van der Waals surface area contributed by atoms with Crippen molar-refractivity contribution in [2.24, 2.45) is 0 Å². The number of amides is 1. The van der Waals surface area contributed by atoms with Gasteiger partial charge in [0, 0.05) is 18.5 Å². The van der Waals surface area contributed by atoms with Crippen LogP contribution in [0.1, 0.15) is 20.7 Å². The number of hydrogen-bond donors (Lipinski definition) is 3. The van der Waals surface area contributed by atoms with Crippen LogP contribution in [0.15, 0.2) is 35.4 Å². The Morgan fingerprint density at radius 1 is 1.21 bits per heavy atom. The first kappa shape index (κ1) is 12.4. The fourth-order valence-electron chi connectivity index (χ4n) is 1.36. The molecule has 0 aliphatic heterocycles. The summed E-state index contributed by atoms with van der Waals surface area (Å²) in [6, 6.07) is 3.77. The molecule has 0 aliphatic rings. The molecule has 0 saturated carbocycles. The standard InChI is InChI=1S/C11H8N4O4/c16-9-2-1-8(14-15-9)13-10(17)6-3-4-12-5-7(6)11(18)19/h1-5H,(H,15,16)(H,18,19)(H,13,14,17). The largest absolute Gasteiger partial charge is 0.478 e. The van der Waals surface area contributed by atoms with Crippen LogP contribution < -0.4 is 10.9 Å². The minimum Gasteiger partial charge on any atom is -0.478 e. The molecule has 1 amide bonds.